The molecule has 16 heavy (non-hydrogen) atoms. The number of nitrogens with two attached hydrogens (primary N) is 1. The van der Waals surface area contributed by atoms with Gasteiger partial charge in [-0.25, -0.2) is 4.98 Å². The predicted octanol–water partition coefficient (Wildman–Crippen LogP) is 2.82. The Morgan fingerprint density at radius 1 is 1.38 bits per heavy atom. The Kier molecular flexibility index (Phi) is 2.30. The van der Waals surface area contributed by atoms with Gasteiger partial charge in [0.1, 0.15) is 5.82 Å². The number of fused-ring (bicyclic) bond motifs is 1. The third kappa shape index (κ3) is 1.40. The lowest BCUT2D eigenvalue weighted by atomic mass is 9.98. The van der Waals surface area contributed by atoms with Gasteiger partial charge in [-0.3, -0.25) is 0 Å². The SMILES string of the molecule is NC1(c2ncc3c(Br)cccn23)CCCC1. The van der Waals surface area contributed by atoms with E-state index < -0.39 is 0 Å². The minimum Gasteiger partial charge on any atom is -0.319 e. The van der Waals surface area contributed by atoms with Gasteiger partial charge in [0.05, 0.1) is 17.3 Å². The number of nitrogens with zero attached hydrogens (tertiary/aromatic N) is 2. The van der Waals surface area contributed by atoms with E-state index in [1.54, 1.807) is 0 Å². The summed E-state index contributed by atoms with van der Waals surface area (Å²) in [4.78, 5) is 4.52. The summed E-state index contributed by atoms with van der Waals surface area (Å²) in [5, 5.41) is 0. The lowest BCUT2D eigenvalue weighted by Gasteiger charge is -2.22. The van der Waals surface area contributed by atoms with Crippen LogP contribution < -0.4 is 5.73 Å². The quantitative estimate of drug-likeness (QED) is 0.872. The van der Waals surface area contributed by atoms with Crippen LogP contribution in [-0.4, -0.2) is 9.38 Å². The second kappa shape index (κ2) is 3.57. The second-order valence-corrected chi connectivity index (χ2v) is 5.41. The molecule has 4 heteroatoms. The maximum absolute atomic E-state index is 6.44. The molecule has 0 saturated heterocycles. The molecule has 3 nitrogen and oxygen atoms in total. The first-order valence-corrected chi connectivity index (χ1v) is 6.41. The molecule has 0 unspecified atom stereocenters. The second-order valence-electron chi connectivity index (χ2n) is 4.56. The Labute approximate surface area is 103 Å². The van der Waals surface area contributed by atoms with E-state index in [0.29, 0.717) is 0 Å². The average Bonchev–Trinajstić information content (AvgIpc) is 2.85. The van der Waals surface area contributed by atoms with Gasteiger partial charge < -0.3 is 10.1 Å². The van der Waals surface area contributed by atoms with Crippen molar-refractivity contribution in [3.63, 3.8) is 0 Å². The molecule has 84 valence electrons. The van der Waals surface area contributed by atoms with Crippen LogP contribution in [0, 0.1) is 0 Å². The molecule has 1 aliphatic carbocycles. The number of rotatable bonds is 1. The first kappa shape index (κ1) is 10.3. The standard InChI is InChI=1S/C12H14BrN3/c13-9-4-3-7-16-10(9)8-15-11(16)12(14)5-1-2-6-12/h3-4,7-8H,1-2,5-6,14H2. The first-order chi connectivity index (χ1) is 7.71. The number of aromatic nitrogens is 2. The normalized spacial score (nSPS) is 19.4. The van der Waals surface area contributed by atoms with Gasteiger partial charge in [-0.15, -0.1) is 0 Å². The molecular formula is C12H14BrN3. The van der Waals surface area contributed by atoms with E-state index in [4.69, 9.17) is 5.73 Å². The third-order valence-electron chi connectivity index (χ3n) is 3.46. The number of hydrogen-bond acceptors (Lipinski definition) is 2. The van der Waals surface area contributed by atoms with E-state index in [2.05, 4.69) is 25.3 Å². The summed E-state index contributed by atoms with van der Waals surface area (Å²) in [5.41, 5.74) is 7.31. The van der Waals surface area contributed by atoms with Crippen molar-refractivity contribution in [2.75, 3.05) is 0 Å². The molecule has 2 N–H and O–H groups in total. The maximum atomic E-state index is 6.44. The van der Waals surface area contributed by atoms with Gasteiger partial charge in [-0.05, 0) is 40.9 Å². The van der Waals surface area contributed by atoms with E-state index >= 15 is 0 Å². The topological polar surface area (TPSA) is 43.3 Å². The van der Waals surface area contributed by atoms with Gasteiger partial charge in [0.25, 0.3) is 0 Å². The van der Waals surface area contributed by atoms with Crippen LogP contribution in [0.3, 0.4) is 0 Å². The van der Waals surface area contributed by atoms with Gasteiger partial charge in [0, 0.05) is 10.7 Å². The molecule has 1 fully saturated rings. The number of hydrogen-bond donors (Lipinski definition) is 1. The van der Waals surface area contributed by atoms with E-state index in [-0.39, 0.29) is 5.54 Å². The number of halogens is 1. The van der Waals surface area contributed by atoms with Crippen molar-refractivity contribution in [2.45, 2.75) is 31.2 Å². The van der Waals surface area contributed by atoms with Crippen LogP contribution in [0.25, 0.3) is 5.52 Å². The van der Waals surface area contributed by atoms with Gasteiger partial charge in [-0.1, -0.05) is 12.8 Å². The molecule has 0 aliphatic heterocycles. The zero-order chi connectivity index (χ0) is 11.2. The zero-order valence-electron chi connectivity index (χ0n) is 8.99. The highest BCUT2D eigenvalue weighted by Gasteiger charge is 2.34. The van der Waals surface area contributed by atoms with Crippen molar-refractivity contribution in [3.05, 3.63) is 34.8 Å². The molecule has 0 atom stereocenters. The molecule has 1 saturated carbocycles. The van der Waals surface area contributed by atoms with Crippen LogP contribution in [0.4, 0.5) is 0 Å². The molecule has 2 aromatic rings. The van der Waals surface area contributed by atoms with Crippen molar-refractivity contribution in [1.82, 2.24) is 9.38 Å². The Morgan fingerprint density at radius 3 is 2.88 bits per heavy atom. The smallest absolute Gasteiger partial charge is 0.133 e. The van der Waals surface area contributed by atoms with Crippen LogP contribution in [0.1, 0.15) is 31.5 Å². The van der Waals surface area contributed by atoms with Crippen LogP contribution in [0.5, 0.6) is 0 Å². The molecular weight excluding hydrogens is 266 g/mol. The Balaban J connectivity index is 2.21. The molecule has 0 bridgehead atoms. The lowest BCUT2D eigenvalue weighted by Crippen LogP contribution is -2.35. The summed E-state index contributed by atoms with van der Waals surface area (Å²) >= 11 is 3.53. The zero-order valence-corrected chi connectivity index (χ0v) is 10.6. The van der Waals surface area contributed by atoms with Gasteiger partial charge >= 0.3 is 0 Å². The van der Waals surface area contributed by atoms with Crippen LogP contribution in [0.15, 0.2) is 29.0 Å². The highest BCUT2D eigenvalue weighted by atomic mass is 79.9. The fourth-order valence-electron chi connectivity index (χ4n) is 2.59. The highest BCUT2D eigenvalue weighted by Crippen LogP contribution is 2.36. The molecule has 2 heterocycles. The largest absolute Gasteiger partial charge is 0.319 e. The number of pyridine rings is 1. The maximum Gasteiger partial charge on any atom is 0.133 e. The average molecular weight is 280 g/mol. The predicted molar refractivity (Wildman–Crippen MR) is 67.2 cm³/mol. The van der Waals surface area contributed by atoms with Crippen molar-refractivity contribution >= 4 is 21.4 Å². The van der Waals surface area contributed by atoms with Crippen LogP contribution >= 0.6 is 15.9 Å². The fourth-order valence-corrected chi connectivity index (χ4v) is 3.03. The Bertz CT molecular complexity index is 526. The molecule has 2 aromatic heterocycles. The first-order valence-electron chi connectivity index (χ1n) is 5.62. The van der Waals surface area contributed by atoms with E-state index in [1.165, 1.54) is 12.8 Å². The van der Waals surface area contributed by atoms with Crippen LogP contribution in [0.2, 0.25) is 0 Å². The summed E-state index contributed by atoms with van der Waals surface area (Å²) in [6, 6.07) is 4.04. The Morgan fingerprint density at radius 2 is 2.12 bits per heavy atom. The fraction of sp³-hybridized carbons (Fsp3) is 0.417. The van der Waals surface area contributed by atoms with Crippen molar-refractivity contribution in [1.29, 1.82) is 0 Å². The van der Waals surface area contributed by atoms with Crippen molar-refractivity contribution < 1.29 is 0 Å². The van der Waals surface area contributed by atoms with Gasteiger partial charge in [-0.2, -0.15) is 0 Å². The molecule has 0 amide bonds. The lowest BCUT2D eigenvalue weighted by molar-refractivity contribution is 0.429. The minimum absolute atomic E-state index is 0.229. The molecule has 0 aromatic carbocycles. The van der Waals surface area contributed by atoms with Gasteiger partial charge in [0.15, 0.2) is 0 Å². The third-order valence-corrected chi connectivity index (χ3v) is 4.13. The number of imidazole rings is 1. The molecule has 3 rings (SSSR count). The molecule has 0 radical (unpaired) electrons. The van der Waals surface area contributed by atoms with Crippen molar-refractivity contribution in [2.24, 2.45) is 5.73 Å². The van der Waals surface area contributed by atoms with E-state index in [0.717, 1.165) is 28.7 Å². The highest BCUT2D eigenvalue weighted by molar-refractivity contribution is 9.10. The molecule has 1 aliphatic rings. The van der Waals surface area contributed by atoms with E-state index in [9.17, 15) is 0 Å². The monoisotopic (exact) mass is 279 g/mol. The van der Waals surface area contributed by atoms with Crippen LogP contribution in [-0.2, 0) is 5.54 Å². The Hall–Kier alpha value is -0.870. The van der Waals surface area contributed by atoms with Gasteiger partial charge in [0.2, 0.25) is 0 Å². The summed E-state index contributed by atoms with van der Waals surface area (Å²) < 4.78 is 3.17. The van der Waals surface area contributed by atoms with E-state index in [1.807, 2.05) is 24.5 Å². The summed E-state index contributed by atoms with van der Waals surface area (Å²) in [5.74, 6) is 1.00. The summed E-state index contributed by atoms with van der Waals surface area (Å²) in [6.07, 6.45) is 8.43. The minimum atomic E-state index is -0.229. The summed E-state index contributed by atoms with van der Waals surface area (Å²) in [7, 11) is 0. The van der Waals surface area contributed by atoms with Crippen molar-refractivity contribution in [3.8, 4) is 0 Å². The molecule has 0 spiro atoms. The summed E-state index contributed by atoms with van der Waals surface area (Å²) in [6.45, 7) is 0.